The first kappa shape index (κ1) is 10.7. The molecule has 0 saturated heterocycles. The molecule has 0 aliphatic carbocycles. The van der Waals surface area contributed by atoms with Crippen LogP contribution in [0.5, 0.6) is 0 Å². The summed E-state index contributed by atoms with van der Waals surface area (Å²) in [5, 5.41) is 0. The molecule has 0 aliphatic heterocycles. The van der Waals surface area contributed by atoms with Crippen LogP contribution < -0.4 is 0 Å². The average Bonchev–Trinajstić information content (AvgIpc) is 2.04. The maximum absolute atomic E-state index is 4.32. The second kappa shape index (κ2) is 7.77. The van der Waals surface area contributed by atoms with E-state index >= 15 is 0 Å². The van der Waals surface area contributed by atoms with Gasteiger partial charge in [-0.2, -0.15) is 0 Å². The van der Waals surface area contributed by atoms with Crippen molar-refractivity contribution in [1.29, 1.82) is 0 Å². The van der Waals surface area contributed by atoms with Gasteiger partial charge < -0.3 is 0 Å². The fourth-order valence-corrected chi connectivity index (χ4v) is 0.762. The van der Waals surface area contributed by atoms with E-state index < -0.39 is 0 Å². The Labute approximate surface area is 70.9 Å². The van der Waals surface area contributed by atoms with Crippen molar-refractivity contribution in [2.45, 2.75) is 46.5 Å². The Morgan fingerprint density at radius 2 is 2.09 bits per heavy atom. The molecule has 0 N–H and O–H groups in total. The van der Waals surface area contributed by atoms with Gasteiger partial charge in [-0.3, -0.25) is 4.99 Å². The standard InChI is InChI=1S/C10H21N/c1-4-6-8-11-9-7-10(3)5-2/h9-10H,4-8H2,1-3H3. The minimum Gasteiger partial charge on any atom is -0.298 e. The Hall–Kier alpha value is -0.330. The van der Waals surface area contributed by atoms with Crippen LogP contribution in [0, 0.1) is 5.92 Å². The van der Waals surface area contributed by atoms with E-state index in [1.807, 2.05) is 0 Å². The van der Waals surface area contributed by atoms with Gasteiger partial charge in [-0.15, -0.1) is 0 Å². The van der Waals surface area contributed by atoms with Crippen molar-refractivity contribution in [1.82, 2.24) is 0 Å². The molecule has 0 heterocycles. The maximum atomic E-state index is 4.32. The Kier molecular flexibility index (Phi) is 7.54. The molecular formula is C10H21N. The Bertz CT molecular complexity index is 97.0. The maximum Gasteiger partial charge on any atom is 0.0385 e. The summed E-state index contributed by atoms with van der Waals surface area (Å²) >= 11 is 0. The Balaban J connectivity index is 3.15. The zero-order chi connectivity index (χ0) is 8.53. The summed E-state index contributed by atoms with van der Waals surface area (Å²) in [6.07, 6.45) is 6.99. The SMILES string of the molecule is CCCCN=CCC(C)CC. The molecule has 0 saturated carbocycles. The molecule has 1 heteroatoms. The van der Waals surface area contributed by atoms with E-state index in [-0.39, 0.29) is 0 Å². The number of hydrogen-bond acceptors (Lipinski definition) is 1. The highest BCUT2D eigenvalue weighted by Gasteiger charge is 1.93. The van der Waals surface area contributed by atoms with Crippen molar-refractivity contribution in [2.24, 2.45) is 10.9 Å². The largest absolute Gasteiger partial charge is 0.298 e. The van der Waals surface area contributed by atoms with Gasteiger partial charge in [-0.25, -0.2) is 0 Å². The van der Waals surface area contributed by atoms with Gasteiger partial charge >= 0.3 is 0 Å². The van der Waals surface area contributed by atoms with Gasteiger partial charge in [0.15, 0.2) is 0 Å². The van der Waals surface area contributed by atoms with Gasteiger partial charge in [-0.05, 0) is 25.0 Å². The van der Waals surface area contributed by atoms with Crippen molar-refractivity contribution in [3.05, 3.63) is 0 Å². The van der Waals surface area contributed by atoms with Crippen LogP contribution >= 0.6 is 0 Å². The first-order valence-electron chi connectivity index (χ1n) is 4.79. The van der Waals surface area contributed by atoms with E-state index in [4.69, 9.17) is 0 Å². The van der Waals surface area contributed by atoms with E-state index in [9.17, 15) is 0 Å². The highest BCUT2D eigenvalue weighted by Crippen LogP contribution is 2.03. The predicted molar refractivity (Wildman–Crippen MR) is 52.3 cm³/mol. The summed E-state index contributed by atoms with van der Waals surface area (Å²) in [6, 6.07) is 0. The molecule has 1 unspecified atom stereocenters. The fraction of sp³-hybridized carbons (Fsp3) is 0.900. The third-order valence-electron chi connectivity index (χ3n) is 1.97. The first-order valence-corrected chi connectivity index (χ1v) is 4.79. The average molecular weight is 155 g/mol. The van der Waals surface area contributed by atoms with Crippen molar-refractivity contribution in [3.8, 4) is 0 Å². The van der Waals surface area contributed by atoms with Crippen LogP contribution in [0.2, 0.25) is 0 Å². The van der Waals surface area contributed by atoms with E-state index in [0.29, 0.717) is 0 Å². The predicted octanol–water partition coefficient (Wildman–Crippen LogP) is 3.29. The molecule has 0 rings (SSSR count). The minimum atomic E-state index is 0.806. The highest BCUT2D eigenvalue weighted by atomic mass is 14.7. The zero-order valence-corrected chi connectivity index (χ0v) is 8.14. The smallest absolute Gasteiger partial charge is 0.0385 e. The van der Waals surface area contributed by atoms with Gasteiger partial charge in [0.05, 0.1) is 0 Å². The molecule has 0 aromatic carbocycles. The van der Waals surface area contributed by atoms with Crippen molar-refractivity contribution < 1.29 is 0 Å². The quantitative estimate of drug-likeness (QED) is 0.412. The molecule has 66 valence electrons. The molecule has 0 radical (unpaired) electrons. The molecule has 11 heavy (non-hydrogen) atoms. The molecule has 0 bridgehead atoms. The second-order valence-electron chi connectivity index (χ2n) is 3.19. The Morgan fingerprint density at radius 3 is 2.64 bits per heavy atom. The Morgan fingerprint density at radius 1 is 1.36 bits per heavy atom. The van der Waals surface area contributed by atoms with Gasteiger partial charge in [0.25, 0.3) is 0 Å². The lowest BCUT2D eigenvalue weighted by Gasteiger charge is -2.01. The zero-order valence-electron chi connectivity index (χ0n) is 8.14. The molecule has 0 aliphatic rings. The van der Waals surface area contributed by atoms with Crippen molar-refractivity contribution in [2.75, 3.05) is 6.54 Å². The summed E-state index contributed by atoms with van der Waals surface area (Å²) in [7, 11) is 0. The summed E-state index contributed by atoms with van der Waals surface area (Å²) in [5.41, 5.74) is 0. The van der Waals surface area contributed by atoms with E-state index in [1.165, 1.54) is 19.3 Å². The summed E-state index contributed by atoms with van der Waals surface area (Å²) < 4.78 is 0. The van der Waals surface area contributed by atoms with Crippen LogP contribution in [0.3, 0.4) is 0 Å². The van der Waals surface area contributed by atoms with Crippen LogP contribution in [-0.2, 0) is 0 Å². The normalized spacial score (nSPS) is 14.1. The summed E-state index contributed by atoms with van der Waals surface area (Å²) in [4.78, 5) is 4.32. The van der Waals surface area contributed by atoms with Crippen molar-refractivity contribution in [3.63, 3.8) is 0 Å². The highest BCUT2D eigenvalue weighted by molar-refractivity contribution is 5.57. The van der Waals surface area contributed by atoms with E-state index in [2.05, 4.69) is 32.0 Å². The van der Waals surface area contributed by atoms with Crippen LogP contribution in [0.25, 0.3) is 0 Å². The van der Waals surface area contributed by atoms with Gasteiger partial charge in [0, 0.05) is 6.54 Å². The van der Waals surface area contributed by atoms with Crippen LogP contribution in [-0.4, -0.2) is 12.8 Å². The lowest BCUT2D eigenvalue weighted by Crippen LogP contribution is -1.92. The topological polar surface area (TPSA) is 12.4 Å². The van der Waals surface area contributed by atoms with Crippen molar-refractivity contribution >= 4 is 6.21 Å². The van der Waals surface area contributed by atoms with Gasteiger partial charge in [-0.1, -0.05) is 33.6 Å². The van der Waals surface area contributed by atoms with Crippen LogP contribution in [0.4, 0.5) is 0 Å². The van der Waals surface area contributed by atoms with Gasteiger partial charge in [0.2, 0.25) is 0 Å². The third-order valence-corrected chi connectivity index (χ3v) is 1.97. The molecule has 0 amide bonds. The second-order valence-corrected chi connectivity index (χ2v) is 3.19. The summed E-state index contributed by atoms with van der Waals surface area (Å²) in [5.74, 6) is 0.806. The lowest BCUT2D eigenvalue weighted by molar-refractivity contribution is 0.590. The number of nitrogens with zero attached hydrogens (tertiary/aromatic N) is 1. The first-order chi connectivity index (χ1) is 5.31. The van der Waals surface area contributed by atoms with Gasteiger partial charge in [0.1, 0.15) is 0 Å². The van der Waals surface area contributed by atoms with E-state index in [1.54, 1.807) is 0 Å². The molecular weight excluding hydrogens is 134 g/mol. The molecule has 0 aromatic heterocycles. The molecule has 1 nitrogen and oxygen atoms in total. The number of rotatable bonds is 6. The summed E-state index contributed by atoms with van der Waals surface area (Å²) in [6.45, 7) is 7.72. The number of hydrogen-bond donors (Lipinski definition) is 0. The molecule has 0 fully saturated rings. The van der Waals surface area contributed by atoms with E-state index in [0.717, 1.165) is 18.9 Å². The van der Waals surface area contributed by atoms with Crippen LogP contribution in [0.15, 0.2) is 4.99 Å². The number of unbranched alkanes of at least 4 members (excludes halogenated alkanes) is 1. The fourth-order valence-electron chi connectivity index (χ4n) is 0.762. The van der Waals surface area contributed by atoms with Crippen LogP contribution in [0.1, 0.15) is 46.5 Å². The minimum absolute atomic E-state index is 0.806. The molecule has 1 atom stereocenters. The third kappa shape index (κ3) is 7.57. The lowest BCUT2D eigenvalue weighted by atomic mass is 10.1. The monoisotopic (exact) mass is 155 g/mol. The molecule has 0 aromatic rings. The molecule has 0 spiro atoms. The number of aliphatic imine (C=N–C) groups is 1.